The lowest BCUT2D eigenvalue weighted by molar-refractivity contribution is 0.608. The minimum Gasteiger partial charge on any atom is -0.367 e. The summed E-state index contributed by atoms with van der Waals surface area (Å²) in [4.78, 5) is 4.88. The average molecular weight is 787 g/mol. The van der Waals surface area contributed by atoms with Gasteiger partial charge in [-0.2, -0.15) is 0 Å². The van der Waals surface area contributed by atoms with E-state index in [-0.39, 0.29) is 0 Å². The third-order valence-electron chi connectivity index (χ3n) is 12.0. The van der Waals surface area contributed by atoms with Crippen molar-refractivity contribution in [1.29, 1.82) is 0 Å². The molecule has 0 N–H and O–H groups in total. The molecular formula is C52H78N2Si2. The van der Waals surface area contributed by atoms with Crippen molar-refractivity contribution in [3.05, 3.63) is 70.8 Å². The molecule has 0 amide bonds. The van der Waals surface area contributed by atoms with Crippen LogP contribution in [0.1, 0.15) is 150 Å². The second-order valence-electron chi connectivity index (χ2n) is 18.8. The van der Waals surface area contributed by atoms with Gasteiger partial charge in [-0.25, -0.2) is 0 Å². The van der Waals surface area contributed by atoms with Crippen LogP contribution in [0.2, 0.25) is 33.2 Å². The smallest absolute Gasteiger partial charge is 0.146 e. The number of rotatable bonds is 12. The quantitative estimate of drug-likeness (QED) is 0.156. The summed E-state index contributed by atoms with van der Waals surface area (Å²) in [6.45, 7) is 46.4. The van der Waals surface area contributed by atoms with Crippen molar-refractivity contribution in [3.8, 4) is 46.6 Å². The fourth-order valence-corrected chi connectivity index (χ4v) is 20.0. The zero-order valence-electron chi connectivity index (χ0n) is 39.3. The van der Waals surface area contributed by atoms with Gasteiger partial charge in [-0.15, -0.1) is 11.1 Å². The standard InChI is InChI=1S/C52H78N2Si2/c1-37(2)53(38(3)4)51-29-23-47(24-30-51)21-27-49(33-35-55(41(9)10,42(11)12)43(13)14)50(34-36-56(44(15)16,45(17)18)46(19)20)28-22-48-25-31-52(32-26-48)54(39(5)6)40(7)8/h23-26,29-32,37-46H,1-20H3/b50-49-. The van der Waals surface area contributed by atoms with Gasteiger partial charge in [0.25, 0.3) is 0 Å². The van der Waals surface area contributed by atoms with Gasteiger partial charge in [0.1, 0.15) is 16.1 Å². The Bertz CT molecular complexity index is 1640. The molecule has 2 aromatic carbocycles. The number of hydrogen-bond acceptors (Lipinski definition) is 2. The molecule has 0 saturated carbocycles. The Labute approximate surface area is 349 Å². The lowest BCUT2D eigenvalue weighted by Gasteiger charge is -2.38. The van der Waals surface area contributed by atoms with E-state index in [1.807, 2.05) is 0 Å². The fourth-order valence-electron chi connectivity index (χ4n) is 9.61. The van der Waals surface area contributed by atoms with E-state index in [0.29, 0.717) is 57.4 Å². The van der Waals surface area contributed by atoms with Crippen molar-refractivity contribution in [1.82, 2.24) is 0 Å². The molecule has 0 heterocycles. The number of allylic oxidation sites excluding steroid dienone is 2. The third kappa shape index (κ3) is 11.8. The van der Waals surface area contributed by atoms with Gasteiger partial charge in [0.05, 0.1) is 11.1 Å². The average Bonchev–Trinajstić information content (AvgIpc) is 3.07. The van der Waals surface area contributed by atoms with Crippen LogP contribution in [0.25, 0.3) is 0 Å². The monoisotopic (exact) mass is 787 g/mol. The normalized spacial score (nSPS) is 12.5. The molecule has 0 atom stereocenters. The molecular weight excluding hydrogens is 709 g/mol. The molecule has 2 rings (SSSR count). The molecule has 56 heavy (non-hydrogen) atoms. The van der Waals surface area contributed by atoms with Crippen molar-refractivity contribution in [2.24, 2.45) is 0 Å². The first-order valence-corrected chi connectivity index (χ1v) is 26.1. The Kier molecular flexibility index (Phi) is 18.5. The highest BCUT2D eigenvalue weighted by molar-refractivity contribution is 6.91. The second-order valence-corrected chi connectivity index (χ2v) is 30.0. The van der Waals surface area contributed by atoms with Gasteiger partial charge >= 0.3 is 0 Å². The third-order valence-corrected chi connectivity index (χ3v) is 24.6. The summed E-state index contributed by atoms with van der Waals surface area (Å²) in [5, 5.41) is 0. The highest BCUT2D eigenvalue weighted by Gasteiger charge is 2.43. The van der Waals surface area contributed by atoms with Crippen molar-refractivity contribution in [2.45, 2.75) is 196 Å². The first kappa shape index (κ1) is 48.6. The van der Waals surface area contributed by atoms with Crippen molar-refractivity contribution >= 4 is 27.5 Å². The predicted octanol–water partition coefficient (Wildman–Crippen LogP) is 14.1. The van der Waals surface area contributed by atoms with Gasteiger partial charge in [0.2, 0.25) is 0 Å². The topological polar surface area (TPSA) is 6.48 Å². The van der Waals surface area contributed by atoms with Crippen LogP contribution in [0, 0.1) is 46.6 Å². The molecule has 0 unspecified atom stereocenters. The van der Waals surface area contributed by atoms with Crippen LogP contribution in [-0.4, -0.2) is 40.3 Å². The maximum atomic E-state index is 3.99. The molecule has 0 aliphatic rings. The van der Waals surface area contributed by atoms with Gasteiger partial charge < -0.3 is 9.80 Å². The summed E-state index contributed by atoms with van der Waals surface area (Å²) < 4.78 is 0. The summed E-state index contributed by atoms with van der Waals surface area (Å²) in [6.07, 6.45) is 0. The molecule has 0 aliphatic heterocycles. The van der Waals surface area contributed by atoms with Crippen molar-refractivity contribution in [3.63, 3.8) is 0 Å². The molecule has 0 spiro atoms. The lowest BCUT2D eigenvalue weighted by Crippen LogP contribution is -2.43. The first-order valence-electron chi connectivity index (χ1n) is 21.7. The van der Waals surface area contributed by atoms with Crippen LogP contribution >= 0.6 is 0 Å². The van der Waals surface area contributed by atoms with Gasteiger partial charge in [-0.3, -0.25) is 0 Å². The Balaban J connectivity index is 3.11. The highest BCUT2D eigenvalue weighted by atomic mass is 28.3. The zero-order valence-corrected chi connectivity index (χ0v) is 41.3. The summed E-state index contributed by atoms with van der Waals surface area (Å²) in [6, 6.07) is 19.0. The van der Waals surface area contributed by atoms with Crippen molar-refractivity contribution in [2.75, 3.05) is 9.80 Å². The Morgan fingerprint density at radius 3 is 0.786 bits per heavy atom. The van der Waals surface area contributed by atoms with Gasteiger partial charge in [-0.05, 0) is 137 Å². The maximum Gasteiger partial charge on any atom is 0.146 e. The molecule has 2 aromatic rings. The summed E-state index contributed by atoms with van der Waals surface area (Å²) in [5.74, 6) is 21.8. The SMILES string of the molecule is CC(C)N(c1ccc(C#C/C(C#C[Si](C(C)C)(C(C)C)C(C)C)=C(\C#Cc2ccc(N(C(C)C)C(C)C)cc2)C#C[Si](C(C)C)(C(C)C)C(C)C)cc1)C(C)C. The molecule has 0 saturated heterocycles. The minimum atomic E-state index is -2.08. The number of anilines is 2. The molecule has 4 heteroatoms. The van der Waals surface area contributed by atoms with Crippen LogP contribution in [0.3, 0.4) is 0 Å². The summed E-state index contributed by atoms with van der Waals surface area (Å²) in [7, 11) is -4.17. The van der Waals surface area contributed by atoms with E-state index in [9.17, 15) is 0 Å². The zero-order chi connectivity index (χ0) is 42.7. The van der Waals surface area contributed by atoms with E-state index >= 15 is 0 Å². The van der Waals surface area contributed by atoms with Crippen LogP contribution in [-0.2, 0) is 0 Å². The molecule has 2 nitrogen and oxygen atoms in total. The number of nitrogens with zero attached hydrogens (tertiary/aromatic N) is 2. The van der Waals surface area contributed by atoms with Crippen LogP contribution in [0.15, 0.2) is 59.7 Å². The number of benzene rings is 2. The van der Waals surface area contributed by atoms with Gasteiger partial charge in [0.15, 0.2) is 0 Å². The van der Waals surface area contributed by atoms with Crippen LogP contribution in [0.4, 0.5) is 11.4 Å². The number of hydrogen-bond donors (Lipinski definition) is 0. The van der Waals surface area contributed by atoms with E-state index in [1.165, 1.54) is 11.4 Å². The van der Waals surface area contributed by atoms with Gasteiger partial charge in [-0.1, -0.05) is 119 Å². The molecule has 0 bridgehead atoms. The molecule has 0 aromatic heterocycles. The van der Waals surface area contributed by atoms with Gasteiger partial charge in [0, 0.05) is 46.7 Å². The van der Waals surface area contributed by atoms with Crippen LogP contribution in [0.5, 0.6) is 0 Å². The first-order chi connectivity index (χ1) is 26.0. The Morgan fingerprint density at radius 2 is 0.589 bits per heavy atom. The second kappa shape index (κ2) is 21.3. The van der Waals surface area contributed by atoms with E-state index in [4.69, 9.17) is 0 Å². The molecule has 0 radical (unpaired) electrons. The Hall–Kier alpha value is -3.55. The maximum absolute atomic E-state index is 3.99. The van der Waals surface area contributed by atoms with Crippen LogP contribution < -0.4 is 9.80 Å². The highest BCUT2D eigenvalue weighted by Crippen LogP contribution is 2.42. The van der Waals surface area contributed by atoms with E-state index in [2.05, 4.69) is 243 Å². The Morgan fingerprint density at radius 1 is 0.357 bits per heavy atom. The predicted molar refractivity (Wildman–Crippen MR) is 257 cm³/mol. The summed E-state index contributed by atoms with van der Waals surface area (Å²) in [5.41, 5.74) is 16.8. The van der Waals surface area contributed by atoms with E-state index in [0.717, 1.165) is 22.3 Å². The summed E-state index contributed by atoms with van der Waals surface area (Å²) >= 11 is 0. The van der Waals surface area contributed by atoms with E-state index in [1.54, 1.807) is 0 Å². The van der Waals surface area contributed by atoms with Crippen molar-refractivity contribution < 1.29 is 0 Å². The lowest BCUT2D eigenvalue weighted by atomic mass is 10.1. The van der Waals surface area contributed by atoms with E-state index < -0.39 is 16.1 Å². The molecule has 304 valence electrons. The molecule has 0 aliphatic carbocycles. The fraction of sp³-hybridized carbons (Fsp3) is 0.577. The molecule has 0 fully saturated rings. The largest absolute Gasteiger partial charge is 0.367 e. The minimum absolute atomic E-state index is 0.405.